The van der Waals surface area contributed by atoms with Crippen molar-refractivity contribution in [3.63, 3.8) is 0 Å². The molecule has 3 saturated heterocycles. The minimum Gasteiger partial charge on any atom is -0.349 e. The molecule has 1 unspecified atom stereocenters. The number of carbonyl (C=O) groups is 1. The van der Waals surface area contributed by atoms with Gasteiger partial charge in [0.2, 0.25) is 10.0 Å². The zero-order chi connectivity index (χ0) is 30.6. The average molecular weight is 614 g/mol. The number of piperazine rings is 1. The second-order valence-electron chi connectivity index (χ2n) is 13.3. The number of amides is 1. The highest BCUT2D eigenvalue weighted by atomic mass is 32.2. The molecular weight excluding hydrogens is 562 g/mol. The SMILES string of the molecule is CC(C)n1c(=O)c(C(=O)NC2C[C@H]3CC[C@@H](C2)N3CCCCCCCCN2CCN(S(C)(=O)=O)CC2)cc2ccccc21. The van der Waals surface area contributed by atoms with Gasteiger partial charge >= 0.3 is 0 Å². The molecule has 238 valence electrons. The number of hydrogen-bond acceptors (Lipinski definition) is 6. The summed E-state index contributed by atoms with van der Waals surface area (Å²) >= 11 is 0. The van der Waals surface area contributed by atoms with Crippen molar-refractivity contribution in [2.24, 2.45) is 0 Å². The van der Waals surface area contributed by atoms with E-state index in [0.29, 0.717) is 25.2 Å². The van der Waals surface area contributed by atoms with Crippen molar-refractivity contribution < 1.29 is 13.2 Å². The molecule has 0 saturated carbocycles. The molecule has 3 fully saturated rings. The fourth-order valence-corrected chi connectivity index (χ4v) is 8.43. The number of fused-ring (bicyclic) bond motifs is 3. The first-order chi connectivity index (χ1) is 20.6. The summed E-state index contributed by atoms with van der Waals surface area (Å²) in [5.41, 5.74) is 0.906. The maximum atomic E-state index is 13.4. The van der Waals surface area contributed by atoms with E-state index in [4.69, 9.17) is 0 Å². The van der Waals surface area contributed by atoms with Gasteiger partial charge in [-0.3, -0.25) is 14.5 Å². The molecule has 3 atom stereocenters. The summed E-state index contributed by atoms with van der Waals surface area (Å²) in [5, 5.41) is 4.16. The van der Waals surface area contributed by atoms with Crippen LogP contribution in [-0.4, -0.2) is 96.6 Å². The minimum absolute atomic E-state index is 0.0268. The summed E-state index contributed by atoms with van der Waals surface area (Å²) in [6, 6.07) is 10.7. The van der Waals surface area contributed by atoms with Crippen molar-refractivity contribution in [2.45, 2.75) is 102 Å². The van der Waals surface area contributed by atoms with Gasteiger partial charge in [0.15, 0.2) is 0 Å². The molecule has 0 spiro atoms. The summed E-state index contributed by atoms with van der Waals surface area (Å²) in [7, 11) is -3.05. The summed E-state index contributed by atoms with van der Waals surface area (Å²) < 4.78 is 26.7. The van der Waals surface area contributed by atoms with E-state index < -0.39 is 10.0 Å². The number of benzene rings is 1. The van der Waals surface area contributed by atoms with Crippen LogP contribution in [0.15, 0.2) is 35.1 Å². The molecule has 0 radical (unpaired) electrons. The number of aromatic nitrogens is 1. The fraction of sp³-hybridized carbons (Fsp3) is 0.697. The topological polar surface area (TPSA) is 95.0 Å². The fourth-order valence-electron chi connectivity index (χ4n) is 7.60. The Morgan fingerprint density at radius 3 is 2.14 bits per heavy atom. The largest absolute Gasteiger partial charge is 0.349 e. The van der Waals surface area contributed by atoms with Crippen LogP contribution < -0.4 is 10.9 Å². The van der Waals surface area contributed by atoms with Crippen molar-refractivity contribution in [2.75, 3.05) is 45.5 Å². The van der Waals surface area contributed by atoms with Crippen LogP contribution in [0.3, 0.4) is 0 Å². The molecule has 4 heterocycles. The third kappa shape index (κ3) is 7.88. The number of hydrogen-bond donors (Lipinski definition) is 1. The minimum atomic E-state index is -3.05. The lowest BCUT2D eigenvalue weighted by Crippen LogP contribution is -2.51. The molecule has 5 rings (SSSR count). The van der Waals surface area contributed by atoms with Crippen molar-refractivity contribution in [1.29, 1.82) is 0 Å². The van der Waals surface area contributed by atoms with Gasteiger partial charge in [-0.05, 0) is 83.0 Å². The monoisotopic (exact) mass is 613 g/mol. The molecule has 10 heteroatoms. The Hall–Kier alpha value is -2.27. The first-order valence-corrected chi connectivity index (χ1v) is 18.3. The van der Waals surface area contributed by atoms with Crippen molar-refractivity contribution in [3.8, 4) is 0 Å². The highest BCUT2D eigenvalue weighted by molar-refractivity contribution is 7.88. The van der Waals surface area contributed by atoms with Crippen LogP contribution in [0.25, 0.3) is 10.9 Å². The molecule has 43 heavy (non-hydrogen) atoms. The number of carbonyl (C=O) groups excluding carboxylic acids is 1. The van der Waals surface area contributed by atoms with Crippen molar-refractivity contribution in [1.82, 2.24) is 24.0 Å². The number of para-hydroxylation sites is 1. The van der Waals surface area contributed by atoms with E-state index in [0.717, 1.165) is 49.9 Å². The zero-order valence-electron chi connectivity index (χ0n) is 26.3. The lowest BCUT2D eigenvalue weighted by molar-refractivity contribution is 0.0839. The van der Waals surface area contributed by atoms with Gasteiger partial charge in [-0.2, -0.15) is 4.31 Å². The number of unbranched alkanes of at least 4 members (excludes halogenated alkanes) is 5. The van der Waals surface area contributed by atoms with E-state index in [-0.39, 0.29) is 29.1 Å². The van der Waals surface area contributed by atoms with Gasteiger partial charge in [-0.15, -0.1) is 0 Å². The highest BCUT2D eigenvalue weighted by Gasteiger charge is 2.40. The van der Waals surface area contributed by atoms with Crippen molar-refractivity contribution in [3.05, 3.63) is 46.2 Å². The Morgan fingerprint density at radius 1 is 0.907 bits per heavy atom. The molecular formula is C33H51N5O4S. The lowest BCUT2D eigenvalue weighted by atomic mass is 9.96. The van der Waals surface area contributed by atoms with Gasteiger partial charge in [0.1, 0.15) is 5.56 Å². The summed E-state index contributed by atoms with van der Waals surface area (Å²) in [6.45, 7) is 9.11. The Labute approximate surface area is 257 Å². The lowest BCUT2D eigenvalue weighted by Gasteiger charge is -2.39. The van der Waals surface area contributed by atoms with Crippen molar-refractivity contribution >= 4 is 26.8 Å². The molecule has 2 aromatic rings. The maximum Gasteiger partial charge on any atom is 0.264 e. The molecule has 1 amide bonds. The van der Waals surface area contributed by atoms with Gasteiger partial charge in [0.25, 0.3) is 11.5 Å². The molecule has 9 nitrogen and oxygen atoms in total. The van der Waals surface area contributed by atoms with E-state index in [9.17, 15) is 18.0 Å². The van der Waals surface area contributed by atoms with Gasteiger partial charge in [0.05, 0.1) is 11.8 Å². The standard InChI is InChI=1S/C33H51N5O4S/c1-25(2)38-31-13-9-8-12-26(31)22-30(33(38)40)32(39)34-27-23-28-14-15-29(24-27)37(28)17-11-7-5-4-6-10-16-35-18-20-36(21-19-35)43(3,41)42/h8-9,12-13,22,25,27-29H,4-7,10-11,14-21,23-24H2,1-3H3,(H,34,39)/t27?,28-,29+. The normalized spacial score (nSPS) is 23.8. The molecule has 1 N–H and O–H groups in total. The average Bonchev–Trinajstić information content (AvgIpc) is 3.20. The molecule has 3 aliphatic heterocycles. The number of sulfonamides is 1. The first-order valence-electron chi connectivity index (χ1n) is 16.5. The number of nitrogens with one attached hydrogen (secondary N) is 1. The molecule has 0 aliphatic carbocycles. The number of nitrogens with zero attached hydrogens (tertiary/aromatic N) is 4. The third-order valence-corrected chi connectivity index (χ3v) is 11.2. The number of rotatable bonds is 13. The molecule has 3 aliphatic rings. The van der Waals surface area contributed by atoms with Crippen LogP contribution in [0.4, 0.5) is 0 Å². The summed E-state index contributed by atoms with van der Waals surface area (Å²) in [4.78, 5) is 31.8. The second-order valence-corrected chi connectivity index (χ2v) is 15.3. The van der Waals surface area contributed by atoms with Crippen LogP contribution >= 0.6 is 0 Å². The van der Waals surface area contributed by atoms with Gasteiger partial charge < -0.3 is 14.8 Å². The van der Waals surface area contributed by atoms with Gasteiger partial charge in [0, 0.05) is 50.3 Å². The molecule has 2 bridgehead atoms. The van der Waals surface area contributed by atoms with E-state index in [2.05, 4.69) is 15.1 Å². The Balaban J connectivity index is 1.01. The summed E-state index contributed by atoms with van der Waals surface area (Å²) in [6.07, 6.45) is 13.1. The van der Waals surface area contributed by atoms with Crippen LogP contribution in [-0.2, 0) is 10.0 Å². The molecule has 1 aromatic carbocycles. The Bertz CT molecular complexity index is 1400. The summed E-state index contributed by atoms with van der Waals surface area (Å²) in [5.74, 6) is -0.237. The Morgan fingerprint density at radius 2 is 1.51 bits per heavy atom. The Kier molecular flexibility index (Phi) is 10.6. The predicted molar refractivity (Wildman–Crippen MR) is 173 cm³/mol. The smallest absolute Gasteiger partial charge is 0.264 e. The van der Waals surface area contributed by atoms with E-state index in [1.165, 1.54) is 57.6 Å². The van der Waals surface area contributed by atoms with Crippen LogP contribution in [0.5, 0.6) is 0 Å². The number of pyridine rings is 1. The van der Waals surface area contributed by atoms with Gasteiger partial charge in [-0.1, -0.05) is 43.9 Å². The second kappa shape index (κ2) is 14.2. The third-order valence-electron chi connectivity index (χ3n) is 9.87. The van der Waals surface area contributed by atoms with E-state index in [1.54, 1.807) is 14.9 Å². The van der Waals surface area contributed by atoms with E-state index in [1.807, 2.05) is 38.1 Å². The van der Waals surface area contributed by atoms with Crippen LogP contribution in [0.1, 0.15) is 94.5 Å². The number of piperidine rings is 1. The predicted octanol–water partition coefficient (Wildman–Crippen LogP) is 4.23. The quantitative estimate of drug-likeness (QED) is 0.340. The maximum absolute atomic E-state index is 13.4. The van der Waals surface area contributed by atoms with Gasteiger partial charge in [-0.25, -0.2) is 8.42 Å². The first kappa shape index (κ1) is 32.1. The highest BCUT2D eigenvalue weighted by Crippen LogP contribution is 2.36. The molecule has 1 aromatic heterocycles. The van der Waals surface area contributed by atoms with E-state index >= 15 is 0 Å². The van der Waals surface area contributed by atoms with Crippen LogP contribution in [0, 0.1) is 0 Å². The zero-order valence-corrected chi connectivity index (χ0v) is 27.2. The van der Waals surface area contributed by atoms with Crippen LogP contribution in [0.2, 0.25) is 0 Å².